The first-order valence-corrected chi connectivity index (χ1v) is 9.00. The van der Waals surface area contributed by atoms with Crippen molar-refractivity contribution in [3.05, 3.63) is 29.8 Å². The summed E-state index contributed by atoms with van der Waals surface area (Å²) in [5.74, 6) is 1.02. The Kier molecular flexibility index (Phi) is 6.24. The Morgan fingerprint density at radius 3 is 2.75 bits per heavy atom. The van der Waals surface area contributed by atoms with Crippen molar-refractivity contribution in [1.82, 2.24) is 5.32 Å². The smallest absolute Gasteiger partial charge is 0.124 e. The van der Waals surface area contributed by atoms with Gasteiger partial charge in [-0.3, -0.25) is 0 Å². The van der Waals surface area contributed by atoms with Crippen LogP contribution in [-0.4, -0.2) is 23.7 Å². The topological polar surface area (TPSA) is 21.3 Å². The highest BCUT2D eigenvalue weighted by atomic mass is 32.2. The van der Waals surface area contributed by atoms with Crippen molar-refractivity contribution in [2.45, 2.75) is 63.5 Å². The van der Waals surface area contributed by atoms with Gasteiger partial charge in [0.25, 0.3) is 0 Å². The van der Waals surface area contributed by atoms with Gasteiger partial charge in [-0.1, -0.05) is 31.0 Å². The molecule has 0 aromatic heterocycles. The number of ether oxygens (including phenoxy) is 1. The minimum absolute atomic E-state index is 0.227. The highest BCUT2D eigenvalue weighted by Crippen LogP contribution is 2.28. The van der Waals surface area contributed by atoms with Crippen LogP contribution in [0.4, 0.5) is 0 Å². The molecule has 0 spiro atoms. The molecule has 1 N–H and O–H groups in total. The van der Waals surface area contributed by atoms with Gasteiger partial charge < -0.3 is 10.1 Å². The summed E-state index contributed by atoms with van der Waals surface area (Å²) in [5.41, 5.74) is 1.27. The number of para-hydroxylation sites is 1. The summed E-state index contributed by atoms with van der Waals surface area (Å²) in [4.78, 5) is 0. The molecule has 1 aromatic carbocycles. The van der Waals surface area contributed by atoms with Crippen molar-refractivity contribution in [1.29, 1.82) is 0 Å². The van der Waals surface area contributed by atoms with Crippen LogP contribution in [0.5, 0.6) is 5.75 Å². The Bertz CT molecular complexity index is 408. The SMILES string of the molecule is CSC1CCCCC1NCc1ccccc1OC(C)C. The summed E-state index contributed by atoms with van der Waals surface area (Å²) in [7, 11) is 0. The molecule has 20 heavy (non-hydrogen) atoms. The molecule has 2 nitrogen and oxygen atoms in total. The number of hydrogen-bond donors (Lipinski definition) is 1. The van der Waals surface area contributed by atoms with E-state index in [9.17, 15) is 0 Å². The van der Waals surface area contributed by atoms with Crippen LogP contribution in [0, 0.1) is 0 Å². The lowest BCUT2D eigenvalue weighted by Gasteiger charge is -2.31. The van der Waals surface area contributed by atoms with Gasteiger partial charge in [0.05, 0.1) is 6.10 Å². The van der Waals surface area contributed by atoms with Crippen LogP contribution < -0.4 is 10.1 Å². The summed E-state index contributed by atoms with van der Waals surface area (Å²) in [6.07, 6.45) is 7.86. The standard InChI is InChI=1S/C17H27NOS/c1-13(2)19-16-10-6-4-8-14(16)12-18-15-9-5-7-11-17(15)20-3/h4,6,8,10,13,15,17-18H,5,7,9,11-12H2,1-3H3. The molecule has 1 saturated carbocycles. The van der Waals surface area contributed by atoms with E-state index in [0.29, 0.717) is 6.04 Å². The van der Waals surface area contributed by atoms with E-state index in [0.717, 1.165) is 17.5 Å². The quantitative estimate of drug-likeness (QED) is 0.847. The van der Waals surface area contributed by atoms with Gasteiger partial charge in [-0.25, -0.2) is 0 Å². The first kappa shape index (κ1) is 15.7. The second-order valence-corrected chi connectivity index (χ2v) is 6.90. The summed E-state index contributed by atoms with van der Waals surface area (Å²) < 4.78 is 5.89. The monoisotopic (exact) mass is 293 g/mol. The third-order valence-corrected chi connectivity index (χ3v) is 5.07. The largest absolute Gasteiger partial charge is 0.491 e. The van der Waals surface area contributed by atoms with Gasteiger partial charge in [-0.2, -0.15) is 11.8 Å². The molecule has 1 aromatic rings. The van der Waals surface area contributed by atoms with E-state index in [2.05, 4.69) is 43.6 Å². The second kappa shape index (κ2) is 7.94. The number of thioether (sulfide) groups is 1. The van der Waals surface area contributed by atoms with Crippen molar-refractivity contribution in [3.63, 3.8) is 0 Å². The molecule has 0 bridgehead atoms. The van der Waals surface area contributed by atoms with E-state index in [4.69, 9.17) is 4.74 Å². The van der Waals surface area contributed by atoms with Gasteiger partial charge in [-0.05, 0) is 39.0 Å². The minimum atomic E-state index is 0.227. The normalized spacial score (nSPS) is 23.0. The number of rotatable bonds is 6. The Morgan fingerprint density at radius 1 is 1.25 bits per heavy atom. The van der Waals surface area contributed by atoms with Gasteiger partial charge in [0, 0.05) is 23.4 Å². The summed E-state index contributed by atoms with van der Waals surface area (Å²) >= 11 is 2.01. The Morgan fingerprint density at radius 2 is 2.00 bits per heavy atom. The van der Waals surface area contributed by atoms with Crippen molar-refractivity contribution in [2.75, 3.05) is 6.26 Å². The van der Waals surface area contributed by atoms with Crippen molar-refractivity contribution in [3.8, 4) is 5.75 Å². The van der Waals surface area contributed by atoms with Crippen molar-refractivity contribution < 1.29 is 4.74 Å². The molecule has 112 valence electrons. The van der Waals surface area contributed by atoms with Crippen LogP contribution in [0.1, 0.15) is 45.1 Å². The third kappa shape index (κ3) is 4.42. The third-order valence-electron chi connectivity index (χ3n) is 3.90. The lowest BCUT2D eigenvalue weighted by molar-refractivity contribution is 0.239. The molecule has 0 heterocycles. The fourth-order valence-electron chi connectivity index (χ4n) is 2.87. The molecule has 2 atom stereocenters. The number of benzene rings is 1. The number of hydrogen-bond acceptors (Lipinski definition) is 3. The summed E-state index contributed by atoms with van der Waals surface area (Å²) in [6.45, 7) is 5.06. The van der Waals surface area contributed by atoms with Crippen LogP contribution in [0.15, 0.2) is 24.3 Å². The van der Waals surface area contributed by atoms with E-state index >= 15 is 0 Å². The summed E-state index contributed by atoms with van der Waals surface area (Å²) in [6, 6.07) is 9.03. The van der Waals surface area contributed by atoms with E-state index in [1.165, 1.54) is 31.2 Å². The average Bonchev–Trinajstić information content (AvgIpc) is 2.46. The average molecular weight is 293 g/mol. The van der Waals surface area contributed by atoms with Crippen LogP contribution in [0.25, 0.3) is 0 Å². The van der Waals surface area contributed by atoms with Gasteiger partial charge in [-0.15, -0.1) is 0 Å². The second-order valence-electron chi connectivity index (χ2n) is 5.82. The molecule has 2 unspecified atom stereocenters. The van der Waals surface area contributed by atoms with Crippen LogP contribution in [0.3, 0.4) is 0 Å². The molecule has 1 fully saturated rings. The Labute approximate surface area is 127 Å². The van der Waals surface area contributed by atoms with Gasteiger partial charge >= 0.3 is 0 Å². The molecule has 2 rings (SSSR count). The van der Waals surface area contributed by atoms with Crippen LogP contribution in [0.2, 0.25) is 0 Å². The molecular weight excluding hydrogens is 266 g/mol. The molecular formula is C17H27NOS. The Balaban J connectivity index is 1.96. The first-order valence-electron chi connectivity index (χ1n) is 7.71. The minimum Gasteiger partial charge on any atom is -0.491 e. The van der Waals surface area contributed by atoms with Gasteiger partial charge in [0.1, 0.15) is 5.75 Å². The van der Waals surface area contributed by atoms with E-state index in [1.54, 1.807) is 0 Å². The van der Waals surface area contributed by atoms with Crippen LogP contribution >= 0.6 is 11.8 Å². The molecule has 1 aliphatic rings. The van der Waals surface area contributed by atoms with E-state index in [-0.39, 0.29) is 6.10 Å². The van der Waals surface area contributed by atoms with E-state index in [1.807, 2.05) is 17.8 Å². The maximum Gasteiger partial charge on any atom is 0.124 e. The zero-order valence-corrected chi connectivity index (χ0v) is 13.7. The molecule has 1 aliphatic carbocycles. The zero-order chi connectivity index (χ0) is 14.4. The molecule has 0 aliphatic heterocycles. The van der Waals surface area contributed by atoms with Gasteiger partial charge in [0.2, 0.25) is 0 Å². The highest BCUT2D eigenvalue weighted by Gasteiger charge is 2.23. The molecule has 0 radical (unpaired) electrons. The predicted molar refractivity (Wildman–Crippen MR) is 88.6 cm³/mol. The molecule has 0 amide bonds. The Hall–Kier alpha value is -0.670. The number of nitrogens with one attached hydrogen (secondary N) is 1. The fraction of sp³-hybridized carbons (Fsp3) is 0.647. The lowest BCUT2D eigenvalue weighted by Crippen LogP contribution is -2.40. The maximum absolute atomic E-state index is 5.89. The van der Waals surface area contributed by atoms with Crippen LogP contribution in [-0.2, 0) is 6.54 Å². The predicted octanol–water partition coefficient (Wildman–Crippen LogP) is 4.24. The zero-order valence-electron chi connectivity index (χ0n) is 12.9. The summed E-state index contributed by atoms with van der Waals surface area (Å²) in [5, 5.41) is 4.52. The van der Waals surface area contributed by atoms with E-state index < -0.39 is 0 Å². The molecule has 0 saturated heterocycles. The van der Waals surface area contributed by atoms with Crippen molar-refractivity contribution >= 4 is 11.8 Å². The lowest BCUT2D eigenvalue weighted by atomic mass is 9.94. The first-order chi connectivity index (χ1) is 9.70. The fourth-order valence-corrected chi connectivity index (χ4v) is 3.84. The molecule has 3 heteroatoms. The maximum atomic E-state index is 5.89. The highest BCUT2D eigenvalue weighted by molar-refractivity contribution is 7.99. The van der Waals surface area contributed by atoms with Gasteiger partial charge in [0.15, 0.2) is 0 Å². The van der Waals surface area contributed by atoms with Crippen molar-refractivity contribution in [2.24, 2.45) is 0 Å².